The third kappa shape index (κ3) is 4.23. The summed E-state index contributed by atoms with van der Waals surface area (Å²) < 4.78 is 13.4. The second-order valence-corrected chi connectivity index (χ2v) is 6.36. The minimum absolute atomic E-state index is 0.0422. The molecule has 0 unspecified atom stereocenters. The number of halogens is 1. The zero-order chi connectivity index (χ0) is 17.7. The first-order valence-corrected chi connectivity index (χ1v) is 8.05. The SMILES string of the molecule is CNC(=O)C1(Nc2cccc(F)c2)CCN(CC(=O)N(C)C)CC1. The van der Waals surface area contributed by atoms with Crippen LogP contribution in [0.15, 0.2) is 24.3 Å². The van der Waals surface area contributed by atoms with Crippen LogP contribution in [0.4, 0.5) is 10.1 Å². The molecule has 7 heteroatoms. The number of hydrogen-bond acceptors (Lipinski definition) is 4. The summed E-state index contributed by atoms with van der Waals surface area (Å²) >= 11 is 0. The number of anilines is 1. The van der Waals surface area contributed by atoms with Crippen molar-refractivity contribution in [2.24, 2.45) is 0 Å². The van der Waals surface area contributed by atoms with Crippen LogP contribution in [0, 0.1) is 5.82 Å². The van der Waals surface area contributed by atoms with E-state index < -0.39 is 5.54 Å². The summed E-state index contributed by atoms with van der Waals surface area (Å²) in [6, 6.07) is 6.11. The van der Waals surface area contributed by atoms with Crippen LogP contribution in [-0.4, -0.2) is 67.9 Å². The Bertz CT molecular complexity index is 598. The van der Waals surface area contributed by atoms with E-state index in [1.807, 2.05) is 4.90 Å². The Morgan fingerprint density at radius 1 is 1.29 bits per heavy atom. The smallest absolute Gasteiger partial charge is 0.245 e. The zero-order valence-corrected chi connectivity index (χ0v) is 14.4. The molecule has 2 rings (SSSR count). The van der Waals surface area contributed by atoms with Crippen molar-refractivity contribution in [2.75, 3.05) is 46.1 Å². The number of amides is 2. The van der Waals surface area contributed by atoms with Crippen LogP contribution in [0.3, 0.4) is 0 Å². The summed E-state index contributed by atoms with van der Waals surface area (Å²) in [5.74, 6) is -0.424. The minimum Gasteiger partial charge on any atom is -0.371 e. The molecule has 0 aromatic heterocycles. The van der Waals surface area contributed by atoms with Crippen LogP contribution in [-0.2, 0) is 9.59 Å². The fourth-order valence-corrected chi connectivity index (χ4v) is 2.92. The van der Waals surface area contributed by atoms with E-state index in [4.69, 9.17) is 0 Å². The molecule has 0 aliphatic carbocycles. The van der Waals surface area contributed by atoms with Crippen molar-refractivity contribution >= 4 is 17.5 Å². The molecule has 1 aromatic carbocycles. The summed E-state index contributed by atoms with van der Waals surface area (Å²) in [5.41, 5.74) is -0.211. The number of carbonyl (C=O) groups excluding carboxylic acids is 2. The largest absolute Gasteiger partial charge is 0.371 e. The van der Waals surface area contributed by atoms with Crippen LogP contribution in [0.2, 0.25) is 0 Å². The highest BCUT2D eigenvalue weighted by Gasteiger charge is 2.41. The number of hydrogen-bond donors (Lipinski definition) is 2. The average Bonchev–Trinajstić information content (AvgIpc) is 2.56. The molecule has 6 nitrogen and oxygen atoms in total. The van der Waals surface area contributed by atoms with Crippen molar-refractivity contribution in [1.82, 2.24) is 15.1 Å². The lowest BCUT2D eigenvalue weighted by Gasteiger charge is -2.41. The number of piperidine rings is 1. The van der Waals surface area contributed by atoms with E-state index in [-0.39, 0.29) is 17.6 Å². The van der Waals surface area contributed by atoms with Crippen molar-refractivity contribution in [3.8, 4) is 0 Å². The number of benzene rings is 1. The van der Waals surface area contributed by atoms with Gasteiger partial charge in [0.2, 0.25) is 11.8 Å². The van der Waals surface area contributed by atoms with Crippen LogP contribution in [0.1, 0.15) is 12.8 Å². The van der Waals surface area contributed by atoms with Gasteiger partial charge in [-0.1, -0.05) is 6.07 Å². The molecule has 1 aromatic rings. The Morgan fingerprint density at radius 2 is 1.96 bits per heavy atom. The van der Waals surface area contributed by atoms with Gasteiger partial charge in [0, 0.05) is 39.9 Å². The van der Waals surface area contributed by atoms with Gasteiger partial charge in [-0.15, -0.1) is 0 Å². The van der Waals surface area contributed by atoms with E-state index in [1.54, 1.807) is 38.2 Å². The van der Waals surface area contributed by atoms with Crippen LogP contribution >= 0.6 is 0 Å². The van der Waals surface area contributed by atoms with Gasteiger partial charge in [0.25, 0.3) is 0 Å². The predicted octanol–water partition coefficient (Wildman–Crippen LogP) is 0.906. The molecule has 0 saturated carbocycles. The molecule has 0 atom stereocenters. The molecule has 1 aliphatic heterocycles. The molecule has 0 spiro atoms. The number of nitrogens with one attached hydrogen (secondary N) is 2. The Kier molecular flexibility index (Phi) is 5.77. The molecule has 0 bridgehead atoms. The van der Waals surface area contributed by atoms with Gasteiger partial charge < -0.3 is 15.5 Å². The monoisotopic (exact) mass is 336 g/mol. The van der Waals surface area contributed by atoms with Crippen molar-refractivity contribution in [1.29, 1.82) is 0 Å². The maximum Gasteiger partial charge on any atom is 0.245 e. The summed E-state index contributed by atoms with van der Waals surface area (Å²) in [7, 11) is 5.05. The molecular formula is C17H25FN4O2. The van der Waals surface area contributed by atoms with Crippen LogP contribution in [0.25, 0.3) is 0 Å². The highest BCUT2D eigenvalue weighted by Crippen LogP contribution is 2.28. The number of rotatable bonds is 5. The molecule has 1 aliphatic rings. The Labute approximate surface area is 142 Å². The lowest BCUT2D eigenvalue weighted by atomic mass is 9.86. The molecule has 132 valence electrons. The standard InChI is InChI=1S/C17H25FN4O2/c1-19-16(24)17(20-14-6-4-5-13(18)11-14)7-9-22(10-8-17)12-15(23)21(2)3/h4-6,11,20H,7-10,12H2,1-3H3,(H,19,24). The summed E-state index contributed by atoms with van der Waals surface area (Å²) in [6.45, 7) is 1.58. The van der Waals surface area contributed by atoms with Gasteiger partial charge in [0.15, 0.2) is 0 Å². The molecule has 2 amide bonds. The molecule has 1 fully saturated rings. The molecule has 24 heavy (non-hydrogen) atoms. The van der Waals surface area contributed by atoms with Crippen molar-refractivity contribution in [2.45, 2.75) is 18.4 Å². The highest BCUT2D eigenvalue weighted by molar-refractivity contribution is 5.89. The van der Waals surface area contributed by atoms with Gasteiger partial charge in [-0.3, -0.25) is 14.5 Å². The van der Waals surface area contributed by atoms with Crippen molar-refractivity contribution in [3.63, 3.8) is 0 Å². The van der Waals surface area contributed by atoms with E-state index in [0.717, 1.165) is 0 Å². The number of likely N-dealkylation sites (tertiary alicyclic amines) is 1. The van der Waals surface area contributed by atoms with Gasteiger partial charge in [-0.2, -0.15) is 0 Å². The zero-order valence-electron chi connectivity index (χ0n) is 14.4. The van der Waals surface area contributed by atoms with Gasteiger partial charge in [0.1, 0.15) is 11.4 Å². The lowest BCUT2D eigenvalue weighted by Crippen LogP contribution is -2.58. The predicted molar refractivity (Wildman–Crippen MR) is 91.2 cm³/mol. The van der Waals surface area contributed by atoms with Gasteiger partial charge in [-0.05, 0) is 31.0 Å². The maximum absolute atomic E-state index is 13.4. The number of nitrogens with zero attached hydrogens (tertiary/aromatic N) is 2. The Balaban J connectivity index is 2.08. The number of carbonyl (C=O) groups is 2. The normalized spacial score (nSPS) is 17.2. The first kappa shape index (κ1) is 18.2. The van der Waals surface area contributed by atoms with E-state index in [2.05, 4.69) is 10.6 Å². The topological polar surface area (TPSA) is 64.7 Å². The lowest BCUT2D eigenvalue weighted by molar-refractivity contribution is -0.130. The first-order valence-electron chi connectivity index (χ1n) is 8.05. The van der Waals surface area contributed by atoms with E-state index in [9.17, 15) is 14.0 Å². The fraction of sp³-hybridized carbons (Fsp3) is 0.529. The van der Waals surface area contributed by atoms with E-state index >= 15 is 0 Å². The van der Waals surface area contributed by atoms with Gasteiger partial charge in [-0.25, -0.2) is 4.39 Å². The quantitative estimate of drug-likeness (QED) is 0.839. The van der Waals surface area contributed by atoms with E-state index in [0.29, 0.717) is 38.2 Å². The third-order valence-electron chi connectivity index (χ3n) is 4.44. The Hall–Kier alpha value is -2.15. The second-order valence-electron chi connectivity index (χ2n) is 6.36. The average molecular weight is 336 g/mol. The van der Waals surface area contributed by atoms with Crippen molar-refractivity contribution in [3.05, 3.63) is 30.1 Å². The summed E-state index contributed by atoms with van der Waals surface area (Å²) in [5, 5.41) is 5.90. The number of likely N-dealkylation sites (N-methyl/N-ethyl adjacent to an activating group) is 2. The minimum atomic E-state index is -0.791. The third-order valence-corrected chi connectivity index (χ3v) is 4.44. The summed E-state index contributed by atoms with van der Waals surface area (Å²) in [4.78, 5) is 27.9. The molecule has 1 heterocycles. The van der Waals surface area contributed by atoms with E-state index in [1.165, 1.54) is 12.1 Å². The van der Waals surface area contributed by atoms with Crippen LogP contribution in [0.5, 0.6) is 0 Å². The molecule has 1 saturated heterocycles. The Morgan fingerprint density at radius 3 is 2.50 bits per heavy atom. The fourth-order valence-electron chi connectivity index (χ4n) is 2.92. The first-order chi connectivity index (χ1) is 11.4. The molecule has 2 N–H and O–H groups in total. The van der Waals surface area contributed by atoms with Crippen LogP contribution < -0.4 is 10.6 Å². The second kappa shape index (κ2) is 7.61. The van der Waals surface area contributed by atoms with Crippen molar-refractivity contribution < 1.29 is 14.0 Å². The maximum atomic E-state index is 13.4. The summed E-state index contributed by atoms with van der Waals surface area (Å²) in [6.07, 6.45) is 1.09. The van der Waals surface area contributed by atoms with Gasteiger partial charge >= 0.3 is 0 Å². The molecular weight excluding hydrogens is 311 g/mol. The molecule has 0 radical (unpaired) electrons. The van der Waals surface area contributed by atoms with Gasteiger partial charge in [0.05, 0.1) is 6.54 Å². The highest BCUT2D eigenvalue weighted by atomic mass is 19.1.